The van der Waals surface area contributed by atoms with Gasteiger partial charge in [-0.1, -0.05) is 18.9 Å². The van der Waals surface area contributed by atoms with Crippen molar-refractivity contribution >= 4 is 0 Å². The van der Waals surface area contributed by atoms with E-state index in [-0.39, 0.29) is 17.1 Å². The van der Waals surface area contributed by atoms with Gasteiger partial charge in [0.25, 0.3) is 0 Å². The second-order valence-corrected chi connectivity index (χ2v) is 4.48. The molecule has 0 amide bonds. The molecule has 106 valence electrons. The van der Waals surface area contributed by atoms with Gasteiger partial charge in [0, 0.05) is 6.42 Å². The number of unbranched alkanes of at least 4 members (excludes halogenated alkanes) is 1. The number of aromatic nitrogens is 2. The molecule has 0 unspecified atom stereocenters. The number of nitrogens with zero attached hydrogens (tertiary/aromatic N) is 1. The fraction of sp³-hybridized carbons (Fsp3) is 0.235. The van der Waals surface area contributed by atoms with Gasteiger partial charge in [0.05, 0.1) is 5.82 Å². The van der Waals surface area contributed by atoms with E-state index in [0.717, 1.165) is 17.9 Å². The molecule has 0 saturated carbocycles. The van der Waals surface area contributed by atoms with Crippen LogP contribution >= 0.6 is 0 Å². The molecule has 1 N–H and O–H groups in total. The maximum atomic E-state index is 4.35. The van der Waals surface area contributed by atoms with Crippen LogP contribution in [0.4, 0.5) is 0 Å². The third-order valence-corrected chi connectivity index (χ3v) is 2.92. The van der Waals surface area contributed by atoms with Crippen molar-refractivity contribution in [2.24, 2.45) is 0 Å². The Morgan fingerprint density at radius 3 is 2.40 bits per heavy atom. The summed E-state index contributed by atoms with van der Waals surface area (Å²) in [5, 5.41) is 0. The second-order valence-electron chi connectivity index (χ2n) is 4.48. The van der Waals surface area contributed by atoms with E-state index in [9.17, 15) is 0 Å². The van der Waals surface area contributed by atoms with E-state index >= 15 is 0 Å². The van der Waals surface area contributed by atoms with Crippen LogP contribution in [0.3, 0.4) is 0 Å². The van der Waals surface area contributed by atoms with Crippen molar-refractivity contribution in [1.29, 1.82) is 0 Å². The van der Waals surface area contributed by atoms with Crippen molar-refractivity contribution in [2.45, 2.75) is 26.2 Å². The minimum Gasteiger partial charge on any atom is -0.359 e. The first-order chi connectivity index (χ1) is 9.40. The van der Waals surface area contributed by atoms with Gasteiger partial charge in [-0.05, 0) is 18.3 Å². The van der Waals surface area contributed by atoms with Gasteiger partial charge in [-0.25, -0.2) is 12.1 Å². The fourth-order valence-corrected chi connectivity index (χ4v) is 1.85. The van der Waals surface area contributed by atoms with E-state index in [1.54, 1.807) is 0 Å². The summed E-state index contributed by atoms with van der Waals surface area (Å²) in [6.07, 6.45) is 5.39. The molecule has 20 heavy (non-hydrogen) atoms. The van der Waals surface area contributed by atoms with E-state index in [1.807, 2.05) is 48.7 Å². The van der Waals surface area contributed by atoms with Gasteiger partial charge >= 0.3 is 17.1 Å². The minimum atomic E-state index is 0. The maximum Gasteiger partial charge on any atom is 2.00 e. The molecule has 0 aliphatic rings. The van der Waals surface area contributed by atoms with Crippen LogP contribution in [0.25, 0.3) is 11.3 Å². The molecule has 3 heteroatoms. The summed E-state index contributed by atoms with van der Waals surface area (Å²) in [5.41, 5.74) is 2.35. The SMILES string of the molecule is CCCCc1ncc(-[c-]2cccc2)[nH]1.[Fe+2].c1cc[cH-]c1. The van der Waals surface area contributed by atoms with Gasteiger partial charge in [0.1, 0.15) is 0 Å². The number of H-pyrrole nitrogens is 1. The van der Waals surface area contributed by atoms with Crippen molar-refractivity contribution in [2.75, 3.05) is 0 Å². The molecule has 0 aliphatic carbocycles. The van der Waals surface area contributed by atoms with Crippen molar-refractivity contribution in [3.63, 3.8) is 0 Å². The summed E-state index contributed by atoms with van der Waals surface area (Å²) in [5.74, 6) is 1.10. The minimum absolute atomic E-state index is 0. The van der Waals surface area contributed by atoms with E-state index < -0.39 is 0 Å². The zero-order valence-corrected chi connectivity index (χ0v) is 12.8. The van der Waals surface area contributed by atoms with Crippen molar-refractivity contribution in [1.82, 2.24) is 9.97 Å². The standard InChI is InChI=1S/C12H15N2.C5H5.Fe/c1-2-3-8-12-13-9-11(14-12)10-6-4-5-7-10;1-2-4-5-3-1;/h4-7,9H,2-3,8H2,1H3,(H,13,14);1-5H;/q2*-1;+2. The average Bonchev–Trinajstić information content (AvgIpc) is 3.18. The molecule has 1 aromatic heterocycles. The molecule has 3 rings (SSSR count). The molecule has 0 spiro atoms. The average molecular weight is 308 g/mol. The molecular formula is C17H20FeN2. The van der Waals surface area contributed by atoms with Crippen LogP contribution in [0, 0.1) is 0 Å². The molecule has 0 bridgehead atoms. The molecule has 0 radical (unpaired) electrons. The van der Waals surface area contributed by atoms with Crippen LogP contribution < -0.4 is 0 Å². The van der Waals surface area contributed by atoms with Crippen LogP contribution in [-0.4, -0.2) is 9.97 Å². The summed E-state index contributed by atoms with van der Waals surface area (Å²) < 4.78 is 0. The zero-order chi connectivity index (χ0) is 13.3. The van der Waals surface area contributed by atoms with Gasteiger partial charge in [-0.15, -0.1) is 12.1 Å². The number of hydrogen-bond donors (Lipinski definition) is 1. The Hall–Kier alpha value is -1.57. The van der Waals surface area contributed by atoms with Crippen LogP contribution in [-0.2, 0) is 23.5 Å². The number of rotatable bonds is 4. The van der Waals surface area contributed by atoms with Crippen molar-refractivity contribution < 1.29 is 17.1 Å². The molecule has 2 aromatic carbocycles. The Morgan fingerprint density at radius 1 is 1.15 bits per heavy atom. The Bertz CT molecular complexity index is 518. The largest absolute Gasteiger partial charge is 2.00 e. The third-order valence-electron chi connectivity index (χ3n) is 2.92. The first-order valence-electron chi connectivity index (χ1n) is 6.83. The number of aromatic amines is 1. The molecule has 1 heterocycles. The molecule has 3 aromatic rings. The second kappa shape index (κ2) is 9.35. The normalized spacial score (nSPS) is 9.45. The monoisotopic (exact) mass is 308 g/mol. The first kappa shape index (κ1) is 16.5. The van der Waals surface area contributed by atoms with Crippen LogP contribution in [0.2, 0.25) is 0 Å². The van der Waals surface area contributed by atoms with E-state index in [1.165, 1.54) is 18.4 Å². The molecule has 0 fully saturated rings. The Labute approximate surface area is 131 Å². The van der Waals surface area contributed by atoms with Gasteiger partial charge in [-0.3, -0.25) is 4.98 Å². The Morgan fingerprint density at radius 2 is 1.85 bits per heavy atom. The van der Waals surface area contributed by atoms with E-state index in [0.29, 0.717) is 0 Å². The topological polar surface area (TPSA) is 28.7 Å². The predicted molar refractivity (Wildman–Crippen MR) is 80.3 cm³/mol. The van der Waals surface area contributed by atoms with Crippen LogP contribution in [0.15, 0.2) is 60.8 Å². The quantitative estimate of drug-likeness (QED) is 0.556. The van der Waals surface area contributed by atoms with Gasteiger partial charge in [0.2, 0.25) is 0 Å². The predicted octanol–water partition coefficient (Wildman–Crippen LogP) is 4.54. The molecule has 2 nitrogen and oxygen atoms in total. The van der Waals surface area contributed by atoms with Crippen LogP contribution in [0.5, 0.6) is 0 Å². The third kappa shape index (κ3) is 5.20. The summed E-state index contributed by atoms with van der Waals surface area (Å²) in [6, 6.07) is 18.3. The number of imidazole rings is 1. The van der Waals surface area contributed by atoms with Gasteiger partial charge in [0.15, 0.2) is 0 Å². The van der Waals surface area contributed by atoms with Crippen LogP contribution in [0.1, 0.15) is 25.6 Å². The number of hydrogen-bond acceptors (Lipinski definition) is 1. The van der Waals surface area contributed by atoms with Gasteiger partial charge in [-0.2, -0.15) is 30.3 Å². The molecule has 0 atom stereocenters. The van der Waals surface area contributed by atoms with Gasteiger partial charge < -0.3 is 4.98 Å². The van der Waals surface area contributed by atoms with E-state index in [4.69, 9.17) is 0 Å². The summed E-state index contributed by atoms with van der Waals surface area (Å²) in [6.45, 7) is 2.20. The first-order valence-corrected chi connectivity index (χ1v) is 6.83. The van der Waals surface area contributed by atoms with Crippen molar-refractivity contribution in [3.8, 4) is 11.3 Å². The fourth-order valence-electron chi connectivity index (χ4n) is 1.85. The maximum absolute atomic E-state index is 4.35. The molecule has 0 saturated heterocycles. The Balaban J connectivity index is 0.000000283. The number of aryl methyl sites for hydroxylation is 1. The number of nitrogens with one attached hydrogen (secondary N) is 1. The molecule has 0 aliphatic heterocycles. The molecular weight excluding hydrogens is 288 g/mol. The Kier molecular flexibility index (Phi) is 7.71. The zero-order valence-electron chi connectivity index (χ0n) is 11.7. The summed E-state index contributed by atoms with van der Waals surface area (Å²) in [7, 11) is 0. The van der Waals surface area contributed by atoms with E-state index in [2.05, 4.69) is 29.0 Å². The summed E-state index contributed by atoms with van der Waals surface area (Å²) in [4.78, 5) is 7.69. The smallest absolute Gasteiger partial charge is 0.359 e. The summed E-state index contributed by atoms with van der Waals surface area (Å²) >= 11 is 0. The van der Waals surface area contributed by atoms with Crippen molar-refractivity contribution in [3.05, 3.63) is 66.6 Å².